The molecule has 4 fully saturated rings. The first-order valence-electron chi connectivity index (χ1n) is 16.3. The Labute approximate surface area is 257 Å². The topological polar surface area (TPSA) is 0 Å². The van der Waals surface area contributed by atoms with Crippen molar-refractivity contribution in [3.8, 4) is 0 Å². The zero-order valence-electron chi connectivity index (χ0n) is 24.1. The molecule has 0 atom stereocenters. The van der Waals surface area contributed by atoms with E-state index in [0.29, 0.717) is 12.7 Å². The summed E-state index contributed by atoms with van der Waals surface area (Å²) in [6.07, 6.45) is 30.3. The van der Waals surface area contributed by atoms with Gasteiger partial charge in [0.2, 0.25) is 0 Å². The van der Waals surface area contributed by atoms with Crippen LogP contribution < -0.4 is 10.6 Å². The van der Waals surface area contributed by atoms with Gasteiger partial charge < -0.3 is 0 Å². The van der Waals surface area contributed by atoms with Crippen molar-refractivity contribution in [1.82, 2.24) is 0 Å². The molecule has 0 amide bonds. The van der Waals surface area contributed by atoms with Crippen molar-refractivity contribution in [2.24, 2.45) is 0 Å². The van der Waals surface area contributed by atoms with E-state index < -0.39 is 0 Å². The van der Waals surface area contributed by atoms with E-state index in [1.807, 2.05) is 0 Å². The average molecular weight is 654 g/mol. The molecule has 0 nitrogen and oxygen atoms in total. The predicted molar refractivity (Wildman–Crippen MR) is 179 cm³/mol. The van der Waals surface area contributed by atoms with Crippen molar-refractivity contribution in [3.05, 3.63) is 48.5 Å². The van der Waals surface area contributed by atoms with Crippen molar-refractivity contribution in [2.45, 2.75) is 151 Å². The molecule has 0 radical (unpaired) electrons. The van der Waals surface area contributed by atoms with Crippen LogP contribution in [0.4, 0.5) is 0 Å². The molecule has 0 heterocycles. The van der Waals surface area contributed by atoms with E-state index >= 15 is 0 Å². The van der Waals surface area contributed by atoms with Crippen molar-refractivity contribution >= 4 is 46.8 Å². The van der Waals surface area contributed by atoms with Gasteiger partial charge in [0.1, 0.15) is 0 Å². The third-order valence-electron chi connectivity index (χ3n) is 10.2. The Hall–Kier alpha value is 0.634. The average Bonchev–Trinajstić information content (AvgIpc) is 3.72. The Kier molecular flexibility index (Phi) is 15.9. The van der Waals surface area contributed by atoms with Crippen LogP contribution in [0.15, 0.2) is 48.5 Å². The largest absolute Gasteiger partial charge is 0.210 e. The number of halogens is 2. The van der Waals surface area contributed by atoms with Gasteiger partial charge in [0.05, 0.1) is 22.6 Å². The second-order valence-electron chi connectivity index (χ2n) is 12.6. The van der Waals surface area contributed by atoms with Gasteiger partial charge in [-0.25, -0.2) is 24.3 Å². The Bertz CT molecular complexity index is 724. The van der Waals surface area contributed by atoms with Crippen LogP contribution in [-0.2, 0) is 12.7 Å². The Morgan fingerprint density at radius 1 is 0.410 bits per heavy atom. The number of rotatable bonds is 6. The monoisotopic (exact) mass is 652 g/mol. The van der Waals surface area contributed by atoms with E-state index in [-0.39, 0.29) is 15.8 Å². The van der Waals surface area contributed by atoms with E-state index in [4.69, 9.17) is 20.4 Å². The summed E-state index contributed by atoms with van der Waals surface area (Å²) in [5.41, 5.74) is 4.37. The summed E-state index contributed by atoms with van der Waals surface area (Å²) in [6, 6.07) is 18.8. The molecule has 0 unspecified atom stereocenters. The molecule has 0 bridgehead atoms. The number of hydrogen-bond donors (Lipinski definition) is 0. The van der Waals surface area contributed by atoms with Gasteiger partial charge in [0, 0.05) is 0 Å². The van der Waals surface area contributed by atoms with Gasteiger partial charge in [0.15, 0.2) is 0 Å². The quantitative estimate of drug-likeness (QED) is 0.165. The van der Waals surface area contributed by atoms with Gasteiger partial charge >= 0.3 is 33.0 Å². The molecule has 39 heavy (non-hydrogen) atoms. The van der Waals surface area contributed by atoms with E-state index in [1.165, 1.54) is 128 Å². The molecule has 0 saturated heterocycles. The molecule has 0 aromatic heterocycles. The van der Waals surface area contributed by atoms with E-state index in [0.717, 1.165) is 22.6 Å². The number of hydrogen-bond acceptors (Lipinski definition) is 0. The van der Waals surface area contributed by atoms with Gasteiger partial charge in [0.25, 0.3) is 0 Å². The zero-order valence-corrected chi connectivity index (χ0v) is 28.6. The molecule has 2 aromatic carbocycles. The van der Waals surface area contributed by atoms with E-state index in [1.54, 1.807) is 10.6 Å². The predicted octanol–water partition coefficient (Wildman–Crippen LogP) is 11.2. The Balaban J connectivity index is 0.000000165. The normalized spacial score (nSPS) is 22.4. The van der Waals surface area contributed by atoms with Crippen LogP contribution >= 0.6 is 36.2 Å². The maximum Gasteiger partial charge on any atom is 0.0625 e. The summed E-state index contributed by atoms with van der Waals surface area (Å²) in [7, 11) is 8.84. The van der Waals surface area contributed by atoms with Gasteiger partial charge in [-0.2, -0.15) is 0 Å². The molecule has 0 N–H and O–H groups in total. The van der Waals surface area contributed by atoms with Crippen LogP contribution in [0.5, 0.6) is 0 Å². The Morgan fingerprint density at radius 3 is 0.821 bits per heavy atom. The zero-order chi connectivity index (χ0) is 27.1. The summed E-state index contributed by atoms with van der Waals surface area (Å²) in [4.78, 5) is 0. The van der Waals surface area contributed by atoms with Crippen molar-refractivity contribution in [2.75, 3.05) is 0 Å². The molecule has 2 aromatic rings. The molecule has 6 rings (SSSR count). The second kappa shape index (κ2) is 19.0. The SMILES string of the molecule is [Cl][Ni+2][Cl].c1cc[c-]([PH+](C2CCCCC2)C2CCCCC2)c1.c1cc[c-]([PH+](C2CCCCC2)C2CCCCC2)c1. The molecule has 0 aliphatic heterocycles. The molecule has 4 aliphatic rings. The van der Waals surface area contributed by atoms with Crippen LogP contribution in [0.25, 0.3) is 0 Å². The standard InChI is InChI=1S/2C17H27P.2ClH.Ni/c2*1-3-9-15(10-4-1)18(17-13-7-8-14-17)16-11-5-2-6-12-16;;;/h2*7-8,13-16,18H,1-6,9-12H2;2*1H;/q;;;;+4/p-2. The molecule has 222 valence electrons. The van der Waals surface area contributed by atoms with Crippen molar-refractivity contribution in [3.63, 3.8) is 0 Å². The van der Waals surface area contributed by atoms with E-state index in [2.05, 4.69) is 48.5 Å². The minimum atomic E-state index is -0.280. The third-order valence-corrected chi connectivity index (χ3v) is 18.0. The summed E-state index contributed by atoms with van der Waals surface area (Å²) < 4.78 is 0. The second-order valence-corrected chi connectivity index (χ2v) is 20.5. The molecular formula is C34H54Cl2NiP2+2. The van der Waals surface area contributed by atoms with Gasteiger partial charge in [-0.15, -0.1) is 24.3 Å². The fourth-order valence-corrected chi connectivity index (χ4v) is 16.9. The molecular weight excluding hydrogens is 600 g/mol. The van der Waals surface area contributed by atoms with Gasteiger partial charge in [-0.1, -0.05) is 25.7 Å². The van der Waals surface area contributed by atoms with Crippen molar-refractivity contribution < 1.29 is 12.7 Å². The van der Waals surface area contributed by atoms with Crippen LogP contribution in [0.2, 0.25) is 0 Å². The summed E-state index contributed by atoms with van der Waals surface area (Å²) >= 11 is 0.569. The van der Waals surface area contributed by atoms with Crippen LogP contribution in [0.1, 0.15) is 128 Å². The smallest absolute Gasteiger partial charge is 0.0625 e. The first kappa shape index (κ1) is 32.5. The van der Waals surface area contributed by atoms with Crippen LogP contribution in [-0.4, -0.2) is 22.6 Å². The fraction of sp³-hybridized carbons (Fsp3) is 0.706. The molecule has 0 spiro atoms. The minimum Gasteiger partial charge on any atom is -0.210 e. The van der Waals surface area contributed by atoms with Crippen LogP contribution in [0.3, 0.4) is 0 Å². The van der Waals surface area contributed by atoms with Gasteiger partial charge in [-0.3, -0.25) is 0 Å². The Morgan fingerprint density at radius 2 is 0.615 bits per heavy atom. The fourth-order valence-electron chi connectivity index (χ4n) is 8.40. The molecule has 4 aliphatic carbocycles. The minimum absolute atomic E-state index is 0.280. The maximum atomic E-state index is 4.70. The maximum absolute atomic E-state index is 4.70. The van der Waals surface area contributed by atoms with E-state index in [9.17, 15) is 0 Å². The first-order chi connectivity index (χ1) is 19.3. The third kappa shape index (κ3) is 10.4. The first-order valence-corrected chi connectivity index (χ1v) is 22.3. The molecule has 5 heteroatoms. The summed E-state index contributed by atoms with van der Waals surface area (Å²) in [5, 5.41) is 3.53. The van der Waals surface area contributed by atoms with Crippen LogP contribution in [0, 0.1) is 0 Å². The summed E-state index contributed by atoms with van der Waals surface area (Å²) in [5.74, 6) is 0. The molecule has 4 saturated carbocycles. The van der Waals surface area contributed by atoms with Crippen molar-refractivity contribution in [1.29, 1.82) is 0 Å². The van der Waals surface area contributed by atoms with Gasteiger partial charge in [-0.05, 0) is 129 Å². The summed E-state index contributed by atoms with van der Waals surface area (Å²) in [6.45, 7) is 0.